The molecule has 0 unspecified atom stereocenters. The maximum absolute atomic E-state index is 13.6. The van der Waals surface area contributed by atoms with Gasteiger partial charge >= 0.3 is 0 Å². The summed E-state index contributed by atoms with van der Waals surface area (Å²) in [6.07, 6.45) is 1.57. The van der Waals surface area contributed by atoms with Gasteiger partial charge in [-0.05, 0) is 36.2 Å². The van der Waals surface area contributed by atoms with Crippen molar-refractivity contribution < 1.29 is 14.2 Å². The third-order valence-corrected chi connectivity index (χ3v) is 6.64. The minimum absolute atomic E-state index is 0.135. The van der Waals surface area contributed by atoms with Gasteiger partial charge < -0.3 is 15.0 Å². The highest BCUT2D eigenvalue weighted by atomic mass is 32.3. The molecular weight excluding hydrogens is 428 g/mol. The Kier molecular flexibility index (Phi) is 4.74. The average Bonchev–Trinajstić information content (AvgIpc) is 2.78. The Morgan fingerprint density at radius 2 is 1.78 bits per heavy atom. The molecule has 0 fully saturated rings. The maximum Gasteiger partial charge on any atom is 0.266 e. The van der Waals surface area contributed by atoms with Gasteiger partial charge in [-0.2, -0.15) is 0 Å². The SMILES string of the molecule is Cc1cnc2c(c1)S(O)(O)N=C(c1c(O)c3ccccc3n(Cc3ccccc3)c1=O)N2. The van der Waals surface area contributed by atoms with Gasteiger partial charge in [0.1, 0.15) is 16.2 Å². The van der Waals surface area contributed by atoms with Gasteiger partial charge in [-0.15, -0.1) is 4.40 Å². The first-order valence-electron chi connectivity index (χ1n) is 9.86. The van der Waals surface area contributed by atoms with Crippen molar-refractivity contribution in [2.75, 3.05) is 5.32 Å². The lowest BCUT2D eigenvalue weighted by Crippen LogP contribution is -2.32. The second-order valence-electron chi connectivity index (χ2n) is 7.56. The first-order valence-corrected chi connectivity index (χ1v) is 11.4. The zero-order valence-electron chi connectivity index (χ0n) is 17.1. The second-order valence-corrected chi connectivity index (χ2v) is 9.22. The highest BCUT2D eigenvalue weighted by Gasteiger charge is 2.31. The fourth-order valence-electron chi connectivity index (χ4n) is 3.79. The molecule has 5 rings (SSSR count). The van der Waals surface area contributed by atoms with Gasteiger partial charge in [0.15, 0.2) is 11.7 Å². The van der Waals surface area contributed by atoms with Crippen molar-refractivity contribution in [1.29, 1.82) is 0 Å². The molecule has 2 aromatic heterocycles. The molecule has 4 aromatic rings. The van der Waals surface area contributed by atoms with Crippen molar-refractivity contribution in [1.82, 2.24) is 9.55 Å². The Hall–Kier alpha value is -3.66. The molecule has 8 nitrogen and oxygen atoms in total. The molecule has 9 heteroatoms. The summed E-state index contributed by atoms with van der Waals surface area (Å²) in [5.74, 6) is -0.238. The Bertz CT molecular complexity index is 1450. The van der Waals surface area contributed by atoms with E-state index >= 15 is 0 Å². The van der Waals surface area contributed by atoms with Crippen LogP contribution in [0.15, 0.2) is 80.9 Å². The van der Waals surface area contributed by atoms with E-state index in [1.54, 1.807) is 43.5 Å². The quantitative estimate of drug-likeness (QED) is 0.370. The monoisotopic (exact) mass is 448 g/mol. The molecule has 0 bridgehead atoms. The predicted octanol–water partition coefficient (Wildman–Crippen LogP) is 4.36. The Labute approximate surface area is 185 Å². The van der Waals surface area contributed by atoms with Crippen LogP contribution >= 0.6 is 10.8 Å². The van der Waals surface area contributed by atoms with E-state index in [-0.39, 0.29) is 34.4 Å². The smallest absolute Gasteiger partial charge is 0.266 e. The third-order valence-electron chi connectivity index (χ3n) is 5.31. The van der Waals surface area contributed by atoms with Crippen molar-refractivity contribution in [2.45, 2.75) is 18.4 Å². The largest absolute Gasteiger partial charge is 0.506 e. The lowest BCUT2D eigenvalue weighted by atomic mass is 10.1. The summed E-state index contributed by atoms with van der Waals surface area (Å²) < 4.78 is 26.9. The number of aromatic nitrogens is 2. The Morgan fingerprint density at radius 1 is 1.06 bits per heavy atom. The van der Waals surface area contributed by atoms with E-state index in [0.29, 0.717) is 10.9 Å². The van der Waals surface area contributed by atoms with E-state index in [2.05, 4.69) is 14.7 Å². The minimum atomic E-state index is -3.62. The topological polar surface area (TPSA) is 120 Å². The number of aryl methyl sites for hydroxylation is 1. The number of hydrogen-bond donors (Lipinski definition) is 4. The molecule has 32 heavy (non-hydrogen) atoms. The molecule has 162 valence electrons. The van der Waals surface area contributed by atoms with Gasteiger partial charge in [0.05, 0.1) is 12.1 Å². The molecule has 4 N–H and O–H groups in total. The Morgan fingerprint density at radius 3 is 2.56 bits per heavy atom. The van der Waals surface area contributed by atoms with Crippen LogP contribution in [0.1, 0.15) is 16.7 Å². The number of benzene rings is 2. The minimum Gasteiger partial charge on any atom is -0.506 e. The Balaban J connectivity index is 1.74. The molecule has 1 aliphatic rings. The van der Waals surface area contributed by atoms with E-state index in [1.165, 1.54) is 4.57 Å². The first-order chi connectivity index (χ1) is 15.3. The number of nitrogens with zero attached hydrogens (tertiary/aromatic N) is 3. The van der Waals surface area contributed by atoms with Crippen LogP contribution in [0.5, 0.6) is 5.75 Å². The van der Waals surface area contributed by atoms with Gasteiger partial charge in [-0.3, -0.25) is 13.9 Å². The third kappa shape index (κ3) is 3.32. The van der Waals surface area contributed by atoms with Gasteiger partial charge in [0.25, 0.3) is 5.56 Å². The molecule has 0 atom stereocenters. The van der Waals surface area contributed by atoms with Crippen LogP contribution in [0.2, 0.25) is 0 Å². The maximum atomic E-state index is 13.6. The van der Waals surface area contributed by atoms with Gasteiger partial charge in [-0.1, -0.05) is 53.2 Å². The molecule has 0 saturated carbocycles. The lowest BCUT2D eigenvalue weighted by molar-refractivity contribution is 0.477. The highest BCUT2D eigenvalue weighted by molar-refractivity contribution is 8.23. The summed E-state index contributed by atoms with van der Waals surface area (Å²) in [5.41, 5.74) is 1.54. The number of nitrogens with one attached hydrogen (secondary N) is 1. The fraction of sp³-hybridized carbons (Fsp3) is 0.0870. The fourth-order valence-corrected chi connectivity index (χ4v) is 4.99. The van der Waals surface area contributed by atoms with Crippen molar-refractivity contribution in [3.63, 3.8) is 0 Å². The van der Waals surface area contributed by atoms with Gasteiger partial charge in [-0.25, -0.2) is 4.98 Å². The number of amidine groups is 1. The summed E-state index contributed by atoms with van der Waals surface area (Å²) in [4.78, 5) is 18.0. The molecule has 0 saturated heterocycles. The molecule has 0 aliphatic carbocycles. The number of rotatable bonds is 3. The number of anilines is 1. The molecule has 2 aromatic carbocycles. The van der Waals surface area contributed by atoms with Crippen LogP contribution in [-0.2, 0) is 6.54 Å². The zero-order valence-corrected chi connectivity index (χ0v) is 17.9. The number of hydrogen-bond acceptors (Lipinski definition) is 7. The van der Waals surface area contributed by atoms with Gasteiger partial charge in [0, 0.05) is 11.6 Å². The van der Waals surface area contributed by atoms with Crippen molar-refractivity contribution in [2.24, 2.45) is 4.40 Å². The summed E-state index contributed by atoms with van der Waals surface area (Å²) in [5, 5.41) is 14.4. The summed E-state index contributed by atoms with van der Waals surface area (Å²) in [6.45, 7) is 2.05. The average molecular weight is 449 g/mol. The van der Waals surface area contributed by atoms with Crippen molar-refractivity contribution in [3.05, 3.63) is 93.9 Å². The molecule has 0 spiro atoms. The van der Waals surface area contributed by atoms with E-state index in [1.807, 2.05) is 30.3 Å². The van der Waals surface area contributed by atoms with Crippen molar-refractivity contribution in [3.8, 4) is 5.75 Å². The first kappa shape index (κ1) is 20.3. The van der Waals surface area contributed by atoms with Crippen LogP contribution in [0.3, 0.4) is 0 Å². The standard InChI is InChI=1S/C23H20N4O4S/c1-14-11-18-21(24-12-14)25-22(26-32(18,30)31)19-20(28)16-9-5-6-10-17(16)27(23(19)29)13-15-7-3-2-4-8-15/h2-12,28,30-31H,13H2,1H3,(H,24,25,26). The van der Waals surface area contributed by atoms with Crippen LogP contribution in [0, 0.1) is 6.92 Å². The molecule has 0 amide bonds. The second kappa shape index (κ2) is 7.49. The number of aromatic hydroxyl groups is 1. The van der Waals surface area contributed by atoms with Crippen LogP contribution in [0.25, 0.3) is 10.9 Å². The molecule has 1 aliphatic heterocycles. The normalized spacial score (nSPS) is 15.5. The van der Waals surface area contributed by atoms with Crippen molar-refractivity contribution >= 4 is 33.3 Å². The zero-order chi connectivity index (χ0) is 22.5. The van der Waals surface area contributed by atoms with E-state index in [0.717, 1.165) is 11.1 Å². The van der Waals surface area contributed by atoms with Gasteiger partial charge in [0.2, 0.25) is 0 Å². The number of para-hydroxylation sites is 1. The van der Waals surface area contributed by atoms with Crippen LogP contribution < -0.4 is 10.9 Å². The lowest BCUT2D eigenvalue weighted by Gasteiger charge is -2.33. The van der Waals surface area contributed by atoms with Crippen LogP contribution in [-0.4, -0.2) is 29.6 Å². The molecule has 0 radical (unpaired) electrons. The van der Waals surface area contributed by atoms with E-state index in [9.17, 15) is 19.0 Å². The van der Waals surface area contributed by atoms with E-state index in [4.69, 9.17) is 0 Å². The molecular formula is C23H20N4O4S. The summed E-state index contributed by atoms with van der Waals surface area (Å²) in [7, 11) is -3.62. The predicted molar refractivity (Wildman–Crippen MR) is 126 cm³/mol. The summed E-state index contributed by atoms with van der Waals surface area (Å²) >= 11 is 0. The molecule has 3 heterocycles. The number of fused-ring (bicyclic) bond motifs is 2. The highest BCUT2D eigenvalue weighted by Crippen LogP contribution is 2.55. The summed E-state index contributed by atoms with van der Waals surface area (Å²) in [6, 6.07) is 18.1. The number of pyridine rings is 2. The van der Waals surface area contributed by atoms with Crippen LogP contribution in [0.4, 0.5) is 5.82 Å². The van der Waals surface area contributed by atoms with E-state index < -0.39 is 16.3 Å².